The number of benzene rings is 1. The van der Waals surface area contributed by atoms with Crippen molar-refractivity contribution in [1.82, 2.24) is 29.9 Å². The molecule has 0 saturated heterocycles. The second-order valence-corrected chi connectivity index (χ2v) is 7.13. The average Bonchev–Trinajstić information content (AvgIpc) is 3.15. The van der Waals surface area contributed by atoms with Crippen LogP contribution < -0.4 is 11.1 Å². The van der Waals surface area contributed by atoms with E-state index in [0.29, 0.717) is 11.6 Å². The van der Waals surface area contributed by atoms with E-state index < -0.39 is 0 Å². The Kier molecular flexibility index (Phi) is 4.41. The van der Waals surface area contributed by atoms with Gasteiger partial charge in [0, 0.05) is 42.0 Å². The predicted molar refractivity (Wildman–Crippen MR) is 121 cm³/mol. The number of nitrogen functional groups attached to an aromatic ring is 1. The van der Waals surface area contributed by atoms with Crippen LogP contribution in [-0.2, 0) is 7.05 Å². The van der Waals surface area contributed by atoms with Crippen molar-refractivity contribution in [3.05, 3.63) is 71.7 Å². The minimum absolute atomic E-state index is 0.413. The number of aromatic nitrogens is 6. The van der Waals surface area contributed by atoms with Crippen LogP contribution in [0.2, 0.25) is 0 Å². The molecule has 5 rings (SSSR count). The molecule has 150 valence electrons. The lowest BCUT2D eigenvalue weighted by molar-refractivity contribution is 0.736. The summed E-state index contributed by atoms with van der Waals surface area (Å²) in [6.07, 6.45) is 5.13. The molecule has 0 spiro atoms. The Labute approximate surface area is 178 Å². The van der Waals surface area contributed by atoms with Gasteiger partial charge in [-0.15, -0.1) is 5.10 Å². The fraction of sp³-hybridized carbons (Fsp3) is 0.0870. The second kappa shape index (κ2) is 7.39. The van der Waals surface area contributed by atoms with Crippen molar-refractivity contribution in [2.75, 3.05) is 11.1 Å². The van der Waals surface area contributed by atoms with Gasteiger partial charge in [0.05, 0.1) is 11.1 Å². The van der Waals surface area contributed by atoms with Gasteiger partial charge in [0.2, 0.25) is 0 Å². The largest absolute Gasteiger partial charge is 0.383 e. The first-order chi connectivity index (χ1) is 15.1. The number of nitrogens with one attached hydrogen (secondary N) is 1. The first-order valence-corrected chi connectivity index (χ1v) is 9.63. The van der Waals surface area contributed by atoms with E-state index in [2.05, 4.69) is 42.4 Å². The number of fused-ring (bicyclic) bond motifs is 2. The molecule has 0 atom stereocenters. The second-order valence-electron chi connectivity index (χ2n) is 7.13. The van der Waals surface area contributed by atoms with Gasteiger partial charge in [-0.1, -0.05) is 23.1 Å². The highest BCUT2D eigenvalue weighted by Gasteiger charge is 2.08. The van der Waals surface area contributed by atoms with E-state index in [-0.39, 0.29) is 0 Å². The molecule has 1 aromatic carbocycles. The number of aryl methyl sites for hydroxylation is 2. The van der Waals surface area contributed by atoms with E-state index in [0.717, 1.165) is 44.3 Å². The minimum Gasteiger partial charge on any atom is -0.383 e. The fourth-order valence-electron chi connectivity index (χ4n) is 3.31. The molecule has 4 heterocycles. The van der Waals surface area contributed by atoms with Crippen LogP contribution >= 0.6 is 0 Å². The van der Waals surface area contributed by atoms with Crippen LogP contribution in [0.4, 0.5) is 17.5 Å². The summed E-state index contributed by atoms with van der Waals surface area (Å²) in [5.74, 6) is 8.25. The Balaban J connectivity index is 1.56. The standard InChI is InChI=1S/C23H18N8/c1-14-4-3-9-25-23(14)28-21-11-17-16(12-27-22(24)18(17)13-26-21)7-5-15-6-8-19-20(10-15)31(2)30-29-19/h3-4,6,8-13H,1-2H3,(H2,24,27)(H,25,26,28). The van der Waals surface area contributed by atoms with Crippen LogP contribution in [0, 0.1) is 18.8 Å². The molecular weight excluding hydrogens is 388 g/mol. The maximum atomic E-state index is 6.08. The molecule has 0 saturated carbocycles. The van der Waals surface area contributed by atoms with E-state index in [1.807, 2.05) is 50.4 Å². The summed E-state index contributed by atoms with van der Waals surface area (Å²) in [4.78, 5) is 13.1. The van der Waals surface area contributed by atoms with E-state index >= 15 is 0 Å². The van der Waals surface area contributed by atoms with Crippen molar-refractivity contribution in [3.63, 3.8) is 0 Å². The summed E-state index contributed by atoms with van der Waals surface area (Å²) in [5, 5.41) is 13.0. The third kappa shape index (κ3) is 3.49. The highest BCUT2D eigenvalue weighted by Crippen LogP contribution is 2.26. The van der Waals surface area contributed by atoms with Crippen molar-refractivity contribution in [2.24, 2.45) is 7.05 Å². The predicted octanol–water partition coefficient (Wildman–Crippen LogP) is 3.34. The lowest BCUT2D eigenvalue weighted by atomic mass is 10.1. The topological polar surface area (TPSA) is 107 Å². The number of nitrogens with zero attached hydrogens (tertiary/aromatic N) is 6. The Morgan fingerprint density at radius 2 is 1.90 bits per heavy atom. The average molecular weight is 406 g/mol. The van der Waals surface area contributed by atoms with Crippen LogP contribution in [-0.4, -0.2) is 29.9 Å². The van der Waals surface area contributed by atoms with Crippen molar-refractivity contribution in [2.45, 2.75) is 6.92 Å². The Morgan fingerprint density at radius 3 is 2.77 bits per heavy atom. The molecule has 8 nitrogen and oxygen atoms in total. The molecule has 0 amide bonds. The normalized spacial score (nSPS) is 10.8. The number of rotatable bonds is 2. The van der Waals surface area contributed by atoms with Gasteiger partial charge in [0.15, 0.2) is 0 Å². The maximum absolute atomic E-state index is 6.08. The summed E-state index contributed by atoms with van der Waals surface area (Å²) in [7, 11) is 1.86. The van der Waals surface area contributed by atoms with Gasteiger partial charge in [-0.3, -0.25) is 0 Å². The molecule has 0 aliphatic carbocycles. The lowest BCUT2D eigenvalue weighted by Crippen LogP contribution is -2.00. The lowest BCUT2D eigenvalue weighted by Gasteiger charge is -2.09. The maximum Gasteiger partial charge on any atom is 0.134 e. The summed E-state index contributed by atoms with van der Waals surface area (Å²) in [5.41, 5.74) is 10.5. The number of hydrogen-bond donors (Lipinski definition) is 2. The molecule has 31 heavy (non-hydrogen) atoms. The molecular formula is C23H18N8. The molecule has 0 aliphatic heterocycles. The number of anilines is 3. The molecule has 8 heteroatoms. The van der Waals surface area contributed by atoms with Gasteiger partial charge in [0.25, 0.3) is 0 Å². The molecule has 3 N–H and O–H groups in total. The summed E-state index contributed by atoms with van der Waals surface area (Å²) < 4.78 is 1.73. The van der Waals surface area contributed by atoms with Crippen LogP contribution in [0.25, 0.3) is 21.8 Å². The van der Waals surface area contributed by atoms with Crippen LogP contribution in [0.1, 0.15) is 16.7 Å². The fourth-order valence-corrected chi connectivity index (χ4v) is 3.31. The molecule has 0 bridgehead atoms. The highest BCUT2D eigenvalue weighted by molar-refractivity contribution is 5.96. The van der Waals surface area contributed by atoms with Gasteiger partial charge < -0.3 is 11.1 Å². The highest BCUT2D eigenvalue weighted by atomic mass is 15.4. The molecule has 4 aromatic heterocycles. The monoisotopic (exact) mass is 406 g/mol. The quantitative estimate of drug-likeness (QED) is 0.433. The number of pyridine rings is 3. The molecule has 0 aliphatic rings. The minimum atomic E-state index is 0.413. The zero-order valence-corrected chi connectivity index (χ0v) is 17.0. The Hall–Kier alpha value is -4.51. The van der Waals surface area contributed by atoms with Gasteiger partial charge in [0.1, 0.15) is 23.0 Å². The zero-order chi connectivity index (χ0) is 21.4. The van der Waals surface area contributed by atoms with Crippen LogP contribution in [0.5, 0.6) is 0 Å². The van der Waals surface area contributed by atoms with E-state index in [1.165, 1.54) is 0 Å². The number of hydrogen-bond acceptors (Lipinski definition) is 7. The summed E-state index contributed by atoms with van der Waals surface area (Å²) in [6, 6.07) is 11.6. The van der Waals surface area contributed by atoms with E-state index in [1.54, 1.807) is 23.3 Å². The molecule has 0 unspecified atom stereocenters. The molecule has 0 fully saturated rings. The van der Waals surface area contributed by atoms with Crippen molar-refractivity contribution in [1.29, 1.82) is 0 Å². The smallest absolute Gasteiger partial charge is 0.134 e. The Bertz CT molecular complexity index is 1510. The number of nitrogens with two attached hydrogens (primary N) is 1. The third-order valence-electron chi connectivity index (χ3n) is 5.01. The van der Waals surface area contributed by atoms with Crippen LogP contribution in [0.3, 0.4) is 0 Å². The SMILES string of the molecule is Cc1cccnc1Nc1cc2c(C#Cc3ccc4nnn(C)c4c3)cnc(N)c2cn1. The van der Waals surface area contributed by atoms with Crippen molar-refractivity contribution in [3.8, 4) is 11.8 Å². The van der Waals surface area contributed by atoms with Crippen molar-refractivity contribution < 1.29 is 0 Å². The van der Waals surface area contributed by atoms with Gasteiger partial charge in [-0.05, 0) is 42.8 Å². The van der Waals surface area contributed by atoms with Crippen LogP contribution in [0.15, 0.2) is 55.0 Å². The van der Waals surface area contributed by atoms with E-state index in [9.17, 15) is 0 Å². The third-order valence-corrected chi connectivity index (χ3v) is 5.01. The summed E-state index contributed by atoms with van der Waals surface area (Å²) >= 11 is 0. The Morgan fingerprint density at radius 1 is 1.00 bits per heavy atom. The van der Waals surface area contributed by atoms with E-state index in [4.69, 9.17) is 5.73 Å². The molecule has 0 radical (unpaired) electrons. The summed E-state index contributed by atoms with van der Waals surface area (Å²) in [6.45, 7) is 1.99. The van der Waals surface area contributed by atoms with Gasteiger partial charge in [-0.2, -0.15) is 0 Å². The first-order valence-electron chi connectivity index (χ1n) is 9.63. The molecule has 5 aromatic rings. The zero-order valence-electron chi connectivity index (χ0n) is 17.0. The van der Waals surface area contributed by atoms with Crippen molar-refractivity contribution >= 4 is 39.3 Å². The van der Waals surface area contributed by atoms with Gasteiger partial charge in [-0.25, -0.2) is 19.6 Å². The first kappa shape index (κ1) is 18.5. The van der Waals surface area contributed by atoms with Gasteiger partial charge >= 0.3 is 0 Å².